The Morgan fingerprint density at radius 1 is 1.13 bits per heavy atom. The number of nitrogens with one attached hydrogen (secondary N) is 3. The number of hydroxylamine groups is 1. The van der Waals surface area contributed by atoms with Crippen LogP contribution >= 0.6 is 0 Å². The standard InChI is InChI=1S/C19H18N6O5/c1-11-15-5-3-4-6-16(15)30-17(11)19(26)23-20-12(2)18(24-27)22-21-13-7-9-14(10-8-13)25(28)29/h3-10,21,27H,1-2H3,(H,22,24)(H,23,26)/b20-12+. The van der Waals surface area contributed by atoms with Crippen LogP contribution in [0.25, 0.3) is 11.0 Å². The van der Waals surface area contributed by atoms with Crippen LogP contribution < -0.4 is 16.3 Å². The Labute approximate surface area is 170 Å². The molecule has 154 valence electrons. The van der Waals surface area contributed by atoms with Gasteiger partial charge in [-0.3, -0.25) is 25.5 Å². The number of fused-ring (bicyclic) bond motifs is 1. The monoisotopic (exact) mass is 410 g/mol. The highest BCUT2D eigenvalue weighted by Gasteiger charge is 2.17. The Balaban J connectivity index is 1.70. The molecule has 2 aromatic carbocycles. The van der Waals surface area contributed by atoms with Crippen LogP contribution in [0.15, 0.2) is 63.2 Å². The van der Waals surface area contributed by atoms with Crippen molar-refractivity contribution in [3.8, 4) is 0 Å². The number of para-hydroxylation sites is 1. The van der Waals surface area contributed by atoms with Gasteiger partial charge in [0.15, 0.2) is 11.6 Å². The highest BCUT2D eigenvalue weighted by atomic mass is 16.6. The van der Waals surface area contributed by atoms with Crippen molar-refractivity contribution in [2.24, 2.45) is 10.2 Å². The smallest absolute Gasteiger partial charge is 0.307 e. The molecular formula is C19H18N6O5. The number of non-ortho nitro benzene ring substituents is 1. The summed E-state index contributed by atoms with van der Waals surface area (Å²) in [4.78, 5) is 22.6. The summed E-state index contributed by atoms with van der Waals surface area (Å²) in [5, 5.41) is 28.6. The molecule has 0 saturated heterocycles. The molecule has 0 fully saturated rings. The van der Waals surface area contributed by atoms with Gasteiger partial charge in [-0.05, 0) is 32.0 Å². The molecule has 11 nitrogen and oxygen atoms in total. The maximum atomic E-state index is 12.4. The summed E-state index contributed by atoms with van der Waals surface area (Å²) in [7, 11) is 0. The van der Waals surface area contributed by atoms with E-state index in [1.165, 1.54) is 31.2 Å². The first-order valence-corrected chi connectivity index (χ1v) is 8.72. The molecule has 0 aliphatic rings. The van der Waals surface area contributed by atoms with Crippen LogP contribution in [0.3, 0.4) is 0 Å². The number of rotatable bonds is 6. The number of hydrazone groups is 2. The Kier molecular flexibility index (Phi) is 6.03. The number of anilines is 1. The number of amides is 1. The summed E-state index contributed by atoms with van der Waals surface area (Å²) in [5.41, 5.74) is 8.67. The molecule has 3 aromatic rings. The van der Waals surface area contributed by atoms with Crippen molar-refractivity contribution in [2.75, 3.05) is 5.43 Å². The fraction of sp³-hybridized carbons (Fsp3) is 0.105. The van der Waals surface area contributed by atoms with Gasteiger partial charge in [-0.15, -0.1) is 0 Å². The highest BCUT2D eigenvalue weighted by molar-refractivity contribution is 6.40. The van der Waals surface area contributed by atoms with E-state index in [1.807, 2.05) is 23.7 Å². The number of benzene rings is 2. The molecule has 0 bridgehead atoms. The predicted octanol–water partition coefficient (Wildman–Crippen LogP) is 3.16. The quantitative estimate of drug-likeness (QED) is 0.211. The average molecular weight is 410 g/mol. The van der Waals surface area contributed by atoms with Crippen molar-refractivity contribution in [2.45, 2.75) is 13.8 Å². The van der Waals surface area contributed by atoms with E-state index < -0.39 is 10.8 Å². The van der Waals surface area contributed by atoms with E-state index in [1.54, 1.807) is 13.0 Å². The third-order valence-electron chi connectivity index (χ3n) is 4.20. The zero-order valence-electron chi connectivity index (χ0n) is 16.0. The Hall–Kier alpha value is -4.25. The molecule has 0 saturated carbocycles. The number of nitrogens with zero attached hydrogens (tertiary/aromatic N) is 3. The average Bonchev–Trinajstić information content (AvgIpc) is 3.09. The van der Waals surface area contributed by atoms with Gasteiger partial charge in [-0.1, -0.05) is 18.2 Å². The number of nitro groups is 1. The van der Waals surface area contributed by atoms with Crippen LogP contribution in [0.4, 0.5) is 11.4 Å². The van der Waals surface area contributed by atoms with Crippen molar-refractivity contribution < 1.29 is 19.3 Å². The minimum atomic E-state index is -0.552. The summed E-state index contributed by atoms with van der Waals surface area (Å²) >= 11 is 0. The molecule has 0 aliphatic heterocycles. The lowest BCUT2D eigenvalue weighted by Crippen LogP contribution is -2.30. The molecule has 0 aliphatic carbocycles. The van der Waals surface area contributed by atoms with E-state index in [0.29, 0.717) is 16.8 Å². The first kappa shape index (κ1) is 20.5. The van der Waals surface area contributed by atoms with Gasteiger partial charge in [0.2, 0.25) is 0 Å². The first-order valence-electron chi connectivity index (χ1n) is 8.72. The van der Waals surface area contributed by atoms with E-state index >= 15 is 0 Å². The van der Waals surface area contributed by atoms with E-state index in [2.05, 4.69) is 21.1 Å². The maximum Gasteiger partial charge on any atom is 0.307 e. The molecular weight excluding hydrogens is 392 g/mol. The number of hydrogen-bond acceptors (Lipinski definition) is 8. The van der Waals surface area contributed by atoms with Gasteiger partial charge in [0.25, 0.3) is 5.69 Å². The van der Waals surface area contributed by atoms with Crippen LogP contribution in [0.1, 0.15) is 23.0 Å². The molecule has 0 radical (unpaired) electrons. The van der Waals surface area contributed by atoms with Gasteiger partial charge in [-0.2, -0.15) is 10.2 Å². The lowest BCUT2D eigenvalue weighted by atomic mass is 10.1. The zero-order chi connectivity index (χ0) is 21.7. The number of carbonyl (C=O) groups excluding carboxylic acids is 1. The van der Waals surface area contributed by atoms with E-state index in [0.717, 1.165) is 5.39 Å². The summed E-state index contributed by atoms with van der Waals surface area (Å²) in [6.45, 7) is 3.28. The molecule has 0 unspecified atom stereocenters. The minimum Gasteiger partial charge on any atom is -0.451 e. The van der Waals surface area contributed by atoms with Gasteiger partial charge in [-0.25, -0.2) is 10.9 Å². The van der Waals surface area contributed by atoms with Crippen LogP contribution in [-0.2, 0) is 0 Å². The molecule has 11 heteroatoms. The number of furan rings is 1. The Morgan fingerprint density at radius 3 is 2.47 bits per heavy atom. The number of carbonyl (C=O) groups is 1. The molecule has 1 amide bonds. The fourth-order valence-corrected chi connectivity index (χ4v) is 2.59. The number of amidine groups is 1. The second-order valence-corrected chi connectivity index (χ2v) is 6.18. The second kappa shape index (κ2) is 8.84. The predicted molar refractivity (Wildman–Crippen MR) is 111 cm³/mol. The number of aryl methyl sites for hydroxylation is 1. The summed E-state index contributed by atoms with van der Waals surface area (Å²) < 4.78 is 5.57. The van der Waals surface area contributed by atoms with Gasteiger partial charge in [0.1, 0.15) is 11.3 Å². The van der Waals surface area contributed by atoms with Crippen molar-refractivity contribution in [1.29, 1.82) is 0 Å². The normalized spacial score (nSPS) is 12.0. The third-order valence-corrected chi connectivity index (χ3v) is 4.20. The van der Waals surface area contributed by atoms with E-state index in [9.17, 15) is 20.1 Å². The molecule has 4 N–H and O–H groups in total. The maximum absolute atomic E-state index is 12.4. The topological polar surface area (TPSA) is 154 Å². The Bertz CT molecular complexity index is 1150. The summed E-state index contributed by atoms with van der Waals surface area (Å²) in [5.74, 6) is -0.495. The molecule has 0 atom stereocenters. The third kappa shape index (κ3) is 4.42. The van der Waals surface area contributed by atoms with Gasteiger partial charge in [0, 0.05) is 23.1 Å². The SMILES string of the molecule is CC(=N\NC(=O)c1oc2ccccc2c1C)/C(=N/Nc1ccc([N+](=O)[O-])cc1)NO. The van der Waals surface area contributed by atoms with Gasteiger partial charge in [0.05, 0.1) is 10.6 Å². The highest BCUT2D eigenvalue weighted by Crippen LogP contribution is 2.24. The lowest BCUT2D eigenvalue weighted by molar-refractivity contribution is -0.384. The summed E-state index contributed by atoms with van der Waals surface area (Å²) in [6, 6.07) is 12.8. The molecule has 1 aromatic heterocycles. The van der Waals surface area contributed by atoms with Crippen molar-refractivity contribution in [1.82, 2.24) is 10.9 Å². The Morgan fingerprint density at radius 2 is 1.83 bits per heavy atom. The van der Waals surface area contributed by atoms with Crippen LogP contribution in [0.2, 0.25) is 0 Å². The molecule has 3 rings (SSSR count). The molecule has 30 heavy (non-hydrogen) atoms. The number of nitro benzene ring substituents is 1. The largest absolute Gasteiger partial charge is 0.451 e. The van der Waals surface area contributed by atoms with Crippen molar-refractivity contribution in [3.63, 3.8) is 0 Å². The van der Waals surface area contributed by atoms with Gasteiger partial charge >= 0.3 is 5.91 Å². The molecule has 1 heterocycles. The minimum absolute atomic E-state index is 0.0635. The van der Waals surface area contributed by atoms with Crippen LogP contribution in [0.5, 0.6) is 0 Å². The van der Waals surface area contributed by atoms with Crippen LogP contribution in [-0.4, -0.2) is 27.6 Å². The zero-order valence-corrected chi connectivity index (χ0v) is 16.0. The van der Waals surface area contributed by atoms with E-state index in [4.69, 9.17) is 4.42 Å². The second-order valence-electron chi connectivity index (χ2n) is 6.18. The van der Waals surface area contributed by atoms with Crippen molar-refractivity contribution >= 4 is 39.8 Å². The first-order chi connectivity index (χ1) is 14.4. The van der Waals surface area contributed by atoms with Crippen LogP contribution in [0, 0.1) is 17.0 Å². The van der Waals surface area contributed by atoms with E-state index in [-0.39, 0.29) is 23.0 Å². The lowest BCUT2D eigenvalue weighted by Gasteiger charge is -2.06. The molecule has 0 spiro atoms. The van der Waals surface area contributed by atoms with Crippen molar-refractivity contribution in [3.05, 3.63) is 70.0 Å². The number of hydrogen-bond donors (Lipinski definition) is 4. The van der Waals surface area contributed by atoms with Gasteiger partial charge < -0.3 is 4.42 Å². The fourth-order valence-electron chi connectivity index (χ4n) is 2.59. The summed E-state index contributed by atoms with van der Waals surface area (Å²) in [6.07, 6.45) is 0.